The molecule has 0 spiro atoms. The molecule has 2 atom stereocenters. The lowest BCUT2D eigenvalue weighted by atomic mass is 10.0. The summed E-state index contributed by atoms with van der Waals surface area (Å²) in [6, 6.07) is 8.27. The fourth-order valence-corrected chi connectivity index (χ4v) is 6.39. The molecule has 0 bridgehead atoms. The highest BCUT2D eigenvalue weighted by Crippen LogP contribution is 2.36. The Labute approximate surface area is 218 Å². The van der Waals surface area contributed by atoms with Crippen LogP contribution in [-0.2, 0) is 4.79 Å². The second-order valence-electron chi connectivity index (χ2n) is 10.3. The maximum Gasteiger partial charge on any atom is 0.238 e. The lowest BCUT2D eigenvalue weighted by Crippen LogP contribution is -2.42. The molecule has 1 aromatic heterocycles. The predicted molar refractivity (Wildman–Crippen MR) is 153 cm³/mol. The Bertz CT molecular complexity index is 836. The summed E-state index contributed by atoms with van der Waals surface area (Å²) in [7, 11) is 0. The molecule has 196 valence electrons. The number of carbonyl (C=O) groups is 1. The van der Waals surface area contributed by atoms with Crippen LogP contribution in [-0.4, -0.2) is 29.2 Å². The van der Waals surface area contributed by atoms with Crippen molar-refractivity contribution in [2.45, 2.75) is 121 Å². The van der Waals surface area contributed by atoms with Crippen LogP contribution in [0.2, 0.25) is 0 Å². The highest BCUT2D eigenvalue weighted by Gasteiger charge is 2.31. The van der Waals surface area contributed by atoms with Crippen LogP contribution in [0, 0.1) is 0 Å². The van der Waals surface area contributed by atoms with E-state index >= 15 is 0 Å². The van der Waals surface area contributed by atoms with Crippen molar-refractivity contribution in [3.05, 3.63) is 36.0 Å². The Morgan fingerprint density at radius 1 is 0.857 bits per heavy atom. The maximum atomic E-state index is 12.6. The second-order valence-corrected chi connectivity index (χ2v) is 11.5. The minimum absolute atomic E-state index is 0.0975. The lowest BCUT2D eigenvalue weighted by Gasteiger charge is -2.13. The molecule has 1 unspecified atom stereocenters. The van der Waals surface area contributed by atoms with Crippen LogP contribution >= 0.6 is 11.8 Å². The molecule has 1 aromatic carbocycles. The fraction of sp³-hybridized carbons (Fsp3) is 0.700. The number of H-pyrrole nitrogens is 1. The van der Waals surface area contributed by atoms with Crippen molar-refractivity contribution in [2.24, 2.45) is 0 Å². The van der Waals surface area contributed by atoms with Gasteiger partial charge in [-0.25, -0.2) is 0 Å². The number of para-hydroxylation sites is 1. The first kappa shape index (κ1) is 28.1. The number of unbranched alkanes of at least 4 members (excludes halogenated alkanes) is 15. The highest BCUT2D eigenvalue weighted by atomic mass is 32.2. The molecule has 3 rings (SSSR count). The summed E-state index contributed by atoms with van der Waals surface area (Å²) in [6.45, 7) is 3.09. The van der Waals surface area contributed by atoms with Gasteiger partial charge in [-0.15, -0.1) is 11.8 Å². The van der Waals surface area contributed by atoms with Crippen molar-refractivity contribution in [2.75, 3.05) is 12.3 Å². The van der Waals surface area contributed by atoms with Crippen molar-refractivity contribution < 1.29 is 4.79 Å². The summed E-state index contributed by atoms with van der Waals surface area (Å²) < 4.78 is 0. The number of aromatic amines is 1. The molecule has 0 saturated carbocycles. The van der Waals surface area contributed by atoms with Crippen LogP contribution in [0.4, 0.5) is 0 Å². The van der Waals surface area contributed by atoms with Crippen LogP contribution in [0.25, 0.3) is 10.9 Å². The normalized spacial score (nSPS) is 17.9. The maximum absolute atomic E-state index is 12.6. The van der Waals surface area contributed by atoms with Crippen molar-refractivity contribution >= 4 is 28.6 Å². The number of hydrogen-bond acceptors (Lipinski definition) is 3. The average Bonchev–Trinajstić information content (AvgIpc) is 3.53. The minimum atomic E-state index is -0.0975. The van der Waals surface area contributed by atoms with E-state index in [2.05, 4.69) is 46.9 Å². The number of rotatable bonds is 19. The Kier molecular flexibility index (Phi) is 13.7. The molecule has 35 heavy (non-hydrogen) atoms. The zero-order valence-electron chi connectivity index (χ0n) is 22.1. The Balaban J connectivity index is 1.12. The van der Waals surface area contributed by atoms with Crippen molar-refractivity contribution in [1.82, 2.24) is 15.6 Å². The zero-order valence-corrected chi connectivity index (χ0v) is 22.9. The Hall–Kier alpha value is -1.46. The molecule has 0 aliphatic carbocycles. The standard InChI is InChI=1S/C30H49N3OS/c1-2-3-4-5-6-7-8-9-10-11-12-13-14-15-16-19-22-31-29(34)28-24-35-30(33-28)26-23-32-27-21-18-17-20-25(26)27/h17-18,20-21,23,28,30,32-33H,2-16,19,22,24H2,1H3,(H,31,34)/t28-,30?/m1/s1. The average molecular weight is 500 g/mol. The number of aromatic nitrogens is 1. The Morgan fingerprint density at radius 3 is 2.06 bits per heavy atom. The summed E-state index contributed by atoms with van der Waals surface area (Å²) in [4.78, 5) is 15.9. The van der Waals surface area contributed by atoms with E-state index in [-0.39, 0.29) is 17.3 Å². The lowest BCUT2D eigenvalue weighted by molar-refractivity contribution is -0.122. The van der Waals surface area contributed by atoms with Gasteiger partial charge in [-0.1, -0.05) is 121 Å². The number of hydrogen-bond donors (Lipinski definition) is 3. The van der Waals surface area contributed by atoms with E-state index in [0.717, 1.165) is 24.2 Å². The molecule has 1 saturated heterocycles. The van der Waals surface area contributed by atoms with Gasteiger partial charge in [0.1, 0.15) is 0 Å². The molecular formula is C30H49N3OS. The van der Waals surface area contributed by atoms with E-state index < -0.39 is 0 Å². The first-order valence-corrected chi connectivity index (χ1v) is 15.6. The first-order chi connectivity index (χ1) is 17.3. The molecular weight excluding hydrogens is 450 g/mol. The van der Waals surface area contributed by atoms with E-state index in [1.165, 1.54) is 107 Å². The molecule has 2 heterocycles. The zero-order chi connectivity index (χ0) is 24.6. The fourth-order valence-electron chi connectivity index (χ4n) is 5.12. The quantitative estimate of drug-likeness (QED) is 0.171. The van der Waals surface area contributed by atoms with E-state index in [1.807, 2.05) is 17.8 Å². The van der Waals surface area contributed by atoms with Crippen molar-refractivity contribution in [3.63, 3.8) is 0 Å². The molecule has 0 radical (unpaired) electrons. The van der Waals surface area contributed by atoms with Gasteiger partial charge in [0.2, 0.25) is 5.91 Å². The van der Waals surface area contributed by atoms with Gasteiger partial charge in [0, 0.05) is 35.0 Å². The summed E-state index contributed by atoms with van der Waals surface area (Å²) in [5, 5.41) is 8.10. The van der Waals surface area contributed by atoms with Crippen LogP contribution in [0.15, 0.2) is 30.5 Å². The Morgan fingerprint density at radius 2 is 1.43 bits per heavy atom. The first-order valence-electron chi connectivity index (χ1n) is 14.5. The summed E-state index contributed by atoms with van der Waals surface area (Å²) in [5.41, 5.74) is 2.40. The number of benzene rings is 1. The van der Waals surface area contributed by atoms with Gasteiger partial charge in [-0.2, -0.15) is 0 Å². The number of thioether (sulfide) groups is 1. The van der Waals surface area contributed by atoms with E-state index in [4.69, 9.17) is 0 Å². The topological polar surface area (TPSA) is 56.9 Å². The summed E-state index contributed by atoms with van der Waals surface area (Å²) in [6.07, 6.45) is 24.1. The molecule has 1 amide bonds. The predicted octanol–water partition coefficient (Wildman–Crippen LogP) is 8.25. The largest absolute Gasteiger partial charge is 0.361 e. The third kappa shape index (κ3) is 10.2. The smallest absolute Gasteiger partial charge is 0.238 e. The molecule has 1 aliphatic rings. The number of fused-ring (bicyclic) bond motifs is 1. The van der Waals surface area contributed by atoms with E-state index in [9.17, 15) is 4.79 Å². The number of carbonyl (C=O) groups excluding carboxylic acids is 1. The van der Waals surface area contributed by atoms with Gasteiger partial charge in [0.25, 0.3) is 0 Å². The molecule has 2 aromatic rings. The third-order valence-electron chi connectivity index (χ3n) is 7.33. The van der Waals surface area contributed by atoms with Gasteiger partial charge in [-0.05, 0) is 12.5 Å². The number of amides is 1. The van der Waals surface area contributed by atoms with E-state index in [1.54, 1.807) is 0 Å². The molecule has 4 nitrogen and oxygen atoms in total. The summed E-state index contributed by atoms with van der Waals surface area (Å²) in [5.74, 6) is 0.982. The van der Waals surface area contributed by atoms with Crippen LogP contribution in [0.3, 0.4) is 0 Å². The van der Waals surface area contributed by atoms with Crippen molar-refractivity contribution in [3.8, 4) is 0 Å². The monoisotopic (exact) mass is 499 g/mol. The molecule has 5 heteroatoms. The van der Waals surface area contributed by atoms with Crippen LogP contribution in [0.1, 0.15) is 121 Å². The number of nitrogens with one attached hydrogen (secondary N) is 3. The summed E-state index contributed by atoms with van der Waals surface area (Å²) >= 11 is 1.82. The van der Waals surface area contributed by atoms with Gasteiger partial charge in [-0.3, -0.25) is 10.1 Å². The molecule has 1 fully saturated rings. The van der Waals surface area contributed by atoms with Gasteiger partial charge >= 0.3 is 0 Å². The minimum Gasteiger partial charge on any atom is -0.361 e. The SMILES string of the molecule is CCCCCCCCCCCCCCCCCCNC(=O)[C@H]1CSC(c2c[nH]c3ccccc23)N1. The van der Waals surface area contributed by atoms with Crippen molar-refractivity contribution in [1.29, 1.82) is 0 Å². The van der Waals surface area contributed by atoms with Gasteiger partial charge in [0.05, 0.1) is 11.4 Å². The second kappa shape index (κ2) is 17.1. The van der Waals surface area contributed by atoms with Crippen LogP contribution < -0.4 is 10.6 Å². The van der Waals surface area contributed by atoms with E-state index in [0.29, 0.717) is 0 Å². The molecule has 1 aliphatic heterocycles. The van der Waals surface area contributed by atoms with Gasteiger partial charge in [0.15, 0.2) is 0 Å². The third-order valence-corrected chi connectivity index (χ3v) is 8.58. The molecule has 3 N–H and O–H groups in total. The van der Waals surface area contributed by atoms with Gasteiger partial charge < -0.3 is 10.3 Å². The highest BCUT2D eigenvalue weighted by molar-refractivity contribution is 7.99. The van der Waals surface area contributed by atoms with Crippen LogP contribution in [0.5, 0.6) is 0 Å².